The summed E-state index contributed by atoms with van der Waals surface area (Å²) in [6.45, 7) is 8.51. The Bertz CT molecular complexity index is 752. The molecule has 0 saturated heterocycles. The zero-order valence-corrected chi connectivity index (χ0v) is 15.6. The van der Waals surface area contributed by atoms with Gasteiger partial charge in [0.25, 0.3) is 0 Å². The summed E-state index contributed by atoms with van der Waals surface area (Å²) < 4.78 is 0. The molecule has 2 aromatic rings. The maximum atomic E-state index is 12.2. The first kappa shape index (κ1) is 19.3. The number of anilines is 3. The molecule has 1 aromatic carbocycles. The summed E-state index contributed by atoms with van der Waals surface area (Å²) in [5.74, 6) is 1.06. The Morgan fingerprint density at radius 3 is 2.56 bits per heavy atom. The van der Waals surface area contributed by atoms with Crippen molar-refractivity contribution in [3.05, 3.63) is 46.9 Å². The van der Waals surface area contributed by atoms with Gasteiger partial charge in [-0.3, -0.25) is 5.32 Å². The van der Waals surface area contributed by atoms with E-state index >= 15 is 0 Å². The third-order valence-electron chi connectivity index (χ3n) is 3.22. The van der Waals surface area contributed by atoms with E-state index in [0.29, 0.717) is 28.1 Å². The minimum absolute atomic E-state index is 0.196. The Kier molecular flexibility index (Phi) is 6.84. The van der Waals surface area contributed by atoms with E-state index in [-0.39, 0.29) is 11.9 Å². The first-order chi connectivity index (χ1) is 11.9. The fraction of sp³-hybridized carbons (Fsp3) is 0.294. The molecule has 8 heteroatoms. The van der Waals surface area contributed by atoms with Crippen LogP contribution in [0.1, 0.15) is 31.9 Å². The van der Waals surface area contributed by atoms with Crippen LogP contribution in [0.4, 0.5) is 22.2 Å². The molecule has 25 heavy (non-hydrogen) atoms. The summed E-state index contributed by atoms with van der Waals surface area (Å²) >= 11 is 11.8. The highest BCUT2D eigenvalue weighted by molar-refractivity contribution is 6.42. The first-order valence-electron chi connectivity index (χ1n) is 7.84. The quantitative estimate of drug-likeness (QED) is 0.644. The second kappa shape index (κ2) is 8.87. The topological polar surface area (TPSA) is 78.9 Å². The first-order valence-corrected chi connectivity index (χ1v) is 8.59. The number of nitrogens with zero attached hydrogens (tertiary/aromatic N) is 2. The number of benzene rings is 1. The predicted octanol–water partition coefficient (Wildman–Crippen LogP) is 5.19. The number of amides is 2. The van der Waals surface area contributed by atoms with E-state index in [4.69, 9.17) is 23.2 Å². The Labute approximate surface area is 157 Å². The van der Waals surface area contributed by atoms with Gasteiger partial charge in [-0.15, -0.1) is 0 Å². The Balaban J connectivity index is 2.12. The number of nitrogens with one attached hydrogen (secondary N) is 3. The van der Waals surface area contributed by atoms with Crippen molar-refractivity contribution in [2.24, 2.45) is 0 Å². The molecule has 0 fully saturated rings. The van der Waals surface area contributed by atoms with Crippen molar-refractivity contribution in [3.63, 3.8) is 0 Å². The Morgan fingerprint density at radius 2 is 1.92 bits per heavy atom. The number of aromatic nitrogens is 2. The van der Waals surface area contributed by atoms with E-state index in [1.807, 2.05) is 19.9 Å². The lowest BCUT2D eigenvalue weighted by Gasteiger charge is -2.12. The number of halogens is 2. The summed E-state index contributed by atoms with van der Waals surface area (Å²) in [4.78, 5) is 20.8. The van der Waals surface area contributed by atoms with Crippen LogP contribution in [-0.2, 0) is 0 Å². The molecule has 1 radical (unpaired) electrons. The van der Waals surface area contributed by atoms with Crippen molar-refractivity contribution in [1.82, 2.24) is 9.97 Å². The third kappa shape index (κ3) is 5.76. The molecule has 0 bridgehead atoms. The molecule has 6 nitrogen and oxygen atoms in total. The summed E-state index contributed by atoms with van der Waals surface area (Å²) in [7, 11) is 0. The Morgan fingerprint density at radius 1 is 1.16 bits per heavy atom. The van der Waals surface area contributed by atoms with Gasteiger partial charge in [-0.2, -0.15) is 4.98 Å². The van der Waals surface area contributed by atoms with Crippen LogP contribution in [0, 0.1) is 6.92 Å². The van der Waals surface area contributed by atoms with Gasteiger partial charge >= 0.3 is 6.03 Å². The highest BCUT2D eigenvalue weighted by atomic mass is 35.5. The highest BCUT2D eigenvalue weighted by Gasteiger charge is 2.11. The summed E-state index contributed by atoms with van der Waals surface area (Å²) in [6, 6.07) is 6.22. The van der Waals surface area contributed by atoms with Crippen LogP contribution in [0.15, 0.2) is 24.3 Å². The summed E-state index contributed by atoms with van der Waals surface area (Å²) in [5.41, 5.74) is 1.34. The van der Waals surface area contributed by atoms with E-state index in [1.54, 1.807) is 18.2 Å². The van der Waals surface area contributed by atoms with Crippen LogP contribution in [0.5, 0.6) is 0 Å². The van der Waals surface area contributed by atoms with Crippen molar-refractivity contribution in [2.45, 2.75) is 26.2 Å². The van der Waals surface area contributed by atoms with Gasteiger partial charge in [-0.1, -0.05) is 44.0 Å². The van der Waals surface area contributed by atoms with E-state index < -0.39 is 6.03 Å². The van der Waals surface area contributed by atoms with E-state index in [1.165, 1.54) is 0 Å². The van der Waals surface area contributed by atoms with Gasteiger partial charge < -0.3 is 10.6 Å². The molecule has 0 unspecified atom stereocenters. The minimum atomic E-state index is -0.470. The van der Waals surface area contributed by atoms with Gasteiger partial charge in [-0.25, -0.2) is 9.78 Å². The second-order valence-corrected chi connectivity index (χ2v) is 6.46. The SMILES string of the molecule is [CH2]CCNc1cc(C(C)C)nc(NC(=O)Nc2ccc(Cl)c(Cl)c2)n1. The van der Waals surface area contributed by atoms with Gasteiger partial charge in [0.05, 0.1) is 15.7 Å². The molecule has 133 valence electrons. The number of carbonyl (C=O) groups is 1. The molecule has 0 aliphatic carbocycles. The normalized spacial score (nSPS) is 10.6. The maximum Gasteiger partial charge on any atom is 0.326 e. The number of rotatable bonds is 6. The molecular formula is C17H20Cl2N5O. The number of hydrogen-bond acceptors (Lipinski definition) is 4. The number of hydrogen-bond donors (Lipinski definition) is 3. The third-order valence-corrected chi connectivity index (χ3v) is 3.96. The molecule has 0 atom stereocenters. The standard InChI is InChI=1S/C17H20Cl2N5O/c1-4-7-20-15-9-14(10(2)3)22-16(23-15)24-17(25)21-11-5-6-12(18)13(19)8-11/h5-6,8-10H,1,4,7H2,2-3H3,(H3,20,21,22,23,24,25). The van der Waals surface area contributed by atoms with E-state index in [9.17, 15) is 4.79 Å². The van der Waals surface area contributed by atoms with Crippen LogP contribution >= 0.6 is 23.2 Å². The molecule has 0 spiro atoms. The van der Waals surface area contributed by atoms with Crippen molar-refractivity contribution in [2.75, 3.05) is 22.5 Å². The van der Waals surface area contributed by atoms with Gasteiger partial charge in [0.1, 0.15) is 5.82 Å². The van der Waals surface area contributed by atoms with Crippen LogP contribution in [0.2, 0.25) is 10.0 Å². The highest BCUT2D eigenvalue weighted by Crippen LogP contribution is 2.25. The maximum absolute atomic E-state index is 12.2. The van der Waals surface area contributed by atoms with E-state index in [0.717, 1.165) is 12.1 Å². The molecular weight excluding hydrogens is 361 g/mol. The summed E-state index contributed by atoms with van der Waals surface area (Å²) in [6.07, 6.45) is 0.724. The van der Waals surface area contributed by atoms with Crippen molar-refractivity contribution >= 4 is 46.7 Å². The lowest BCUT2D eigenvalue weighted by atomic mass is 10.1. The van der Waals surface area contributed by atoms with Gasteiger partial charge in [0.15, 0.2) is 0 Å². The van der Waals surface area contributed by atoms with Crippen molar-refractivity contribution < 1.29 is 4.79 Å². The molecule has 1 aromatic heterocycles. The van der Waals surface area contributed by atoms with Crippen molar-refractivity contribution in [3.8, 4) is 0 Å². The molecule has 0 saturated carbocycles. The smallest absolute Gasteiger partial charge is 0.326 e. The van der Waals surface area contributed by atoms with Gasteiger partial charge in [0, 0.05) is 18.3 Å². The second-order valence-electron chi connectivity index (χ2n) is 5.64. The van der Waals surface area contributed by atoms with Crippen LogP contribution in [0.25, 0.3) is 0 Å². The lowest BCUT2D eigenvalue weighted by molar-refractivity contribution is 0.262. The fourth-order valence-electron chi connectivity index (χ4n) is 1.96. The largest absolute Gasteiger partial charge is 0.370 e. The monoisotopic (exact) mass is 380 g/mol. The minimum Gasteiger partial charge on any atom is -0.370 e. The molecule has 1 heterocycles. The zero-order chi connectivity index (χ0) is 18.4. The van der Waals surface area contributed by atoms with E-state index in [2.05, 4.69) is 32.8 Å². The van der Waals surface area contributed by atoms with Crippen LogP contribution < -0.4 is 16.0 Å². The van der Waals surface area contributed by atoms with Crippen LogP contribution in [-0.4, -0.2) is 22.5 Å². The molecule has 2 rings (SSSR count). The Hall–Kier alpha value is -2.05. The molecule has 0 aliphatic rings. The lowest BCUT2D eigenvalue weighted by Crippen LogP contribution is -2.21. The summed E-state index contributed by atoms with van der Waals surface area (Å²) in [5, 5.41) is 9.22. The van der Waals surface area contributed by atoms with Crippen LogP contribution in [0.3, 0.4) is 0 Å². The fourth-order valence-corrected chi connectivity index (χ4v) is 2.26. The molecule has 3 N–H and O–H groups in total. The van der Waals surface area contributed by atoms with Crippen molar-refractivity contribution in [1.29, 1.82) is 0 Å². The average molecular weight is 381 g/mol. The van der Waals surface area contributed by atoms with Gasteiger partial charge in [0.2, 0.25) is 5.95 Å². The number of urea groups is 1. The van der Waals surface area contributed by atoms with Gasteiger partial charge in [-0.05, 0) is 30.5 Å². The average Bonchev–Trinajstić information content (AvgIpc) is 2.56. The molecule has 2 amide bonds. The molecule has 0 aliphatic heterocycles. The number of carbonyl (C=O) groups excluding carboxylic acids is 1. The zero-order valence-electron chi connectivity index (χ0n) is 14.1. The predicted molar refractivity (Wildman–Crippen MR) is 104 cm³/mol.